The number of hydrogen-bond acceptors (Lipinski definition) is 4. The molecular formula is C28H25N3O2. The van der Waals surface area contributed by atoms with Crippen molar-refractivity contribution in [2.24, 2.45) is 4.99 Å². The molecule has 5 heteroatoms. The van der Waals surface area contributed by atoms with Gasteiger partial charge in [-0.25, -0.2) is 0 Å². The lowest BCUT2D eigenvalue weighted by Crippen LogP contribution is -2.43. The van der Waals surface area contributed by atoms with Gasteiger partial charge in [0.25, 0.3) is 11.8 Å². The van der Waals surface area contributed by atoms with E-state index in [1.165, 1.54) is 10.5 Å². The van der Waals surface area contributed by atoms with Crippen LogP contribution in [0.3, 0.4) is 0 Å². The SMILES string of the molecule is Cc1ccc(C=Nc2cccc3cc4cccc5c4c(c23)C(=O)N(CCN(C)C)C5=O)cc1. The highest BCUT2D eigenvalue weighted by molar-refractivity contribution is 6.31. The fourth-order valence-electron chi connectivity index (χ4n) is 4.38. The Hall–Kier alpha value is -3.83. The molecule has 0 fully saturated rings. The molecule has 2 amide bonds. The summed E-state index contributed by atoms with van der Waals surface area (Å²) in [7, 11) is 3.86. The maximum absolute atomic E-state index is 13.7. The summed E-state index contributed by atoms with van der Waals surface area (Å²) >= 11 is 0. The van der Waals surface area contributed by atoms with Crippen LogP contribution >= 0.6 is 0 Å². The van der Waals surface area contributed by atoms with Crippen LogP contribution in [0.5, 0.6) is 0 Å². The van der Waals surface area contributed by atoms with Gasteiger partial charge in [-0.15, -0.1) is 0 Å². The fraction of sp³-hybridized carbons (Fsp3) is 0.179. The highest BCUT2D eigenvalue weighted by Crippen LogP contribution is 2.39. The number of benzene rings is 4. The van der Waals surface area contributed by atoms with E-state index in [1.807, 2.05) is 98.9 Å². The highest BCUT2D eigenvalue weighted by Gasteiger charge is 2.34. The average molecular weight is 436 g/mol. The number of amides is 2. The minimum absolute atomic E-state index is 0.236. The second-order valence-corrected chi connectivity index (χ2v) is 8.76. The lowest BCUT2D eigenvalue weighted by atomic mass is 9.89. The van der Waals surface area contributed by atoms with Gasteiger partial charge >= 0.3 is 0 Å². The molecule has 0 spiro atoms. The smallest absolute Gasteiger partial charge is 0.262 e. The number of rotatable bonds is 5. The topological polar surface area (TPSA) is 53.0 Å². The van der Waals surface area contributed by atoms with Crippen LogP contribution in [-0.2, 0) is 0 Å². The van der Waals surface area contributed by atoms with Crippen LogP contribution in [0.1, 0.15) is 31.8 Å². The number of imide groups is 1. The number of fused-ring (bicyclic) bond motifs is 2. The molecule has 0 atom stereocenters. The third-order valence-corrected chi connectivity index (χ3v) is 6.12. The number of hydrogen-bond donors (Lipinski definition) is 0. The van der Waals surface area contributed by atoms with Crippen LogP contribution in [-0.4, -0.2) is 55.0 Å². The predicted octanol–water partition coefficient (Wildman–Crippen LogP) is 5.21. The predicted molar refractivity (Wildman–Crippen MR) is 134 cm³/mol. The van der Waals surface area contributed by atoms with Crippen molar-refractivity contribution in [1.82, 2.24) is 9.80 Å². The van der Waals surface area contributed by atoms with Crippen molar-refractivity contribution in [3.05, 3.63) is 89.0 Å². The van der Waals surface area contributed by atoms with E-state index in [4.69, 9.17) is 4.99 Å². The molecule has 1 heterocycles. The van der Waals surface area contributed by atoms with Crippen molar-refractivity contribution in [2.75, 3.05) is 27.2 Å². The van der Waals surface area contributed by atoms with Crippen LogP contribution < -0.4 is 0 Å². The van der Waals surface area contributed by atoms with E-state index in [2.05, 4.69) is 0 Å². The van der Waals surface area contributed by atoms with Gasteiger partial charge in [0.1, 0.15) is 0 Å². The second-order valence-electron chi connectivity index (χ2n) is 8.76. The van der Waals surface area contributed by atoms with Crippen LogP contribution in [0, 0.1) is 6.92 Å². The van der Waals surface area contributed by atoms with E-state index in [0.717, 1.165) is 32.8 Å². The number of carbonyl (C=O) groups excluding carboxylic acids is 2. The fourth-order valence-corrected chi connectivity index (χ4v) is 4.38. The van der Waals surface area contributed by atoms with Crippen molar-refractivity contribution < 1.29 is 9.59 Å². The number of aliphatic imine (C=N–C) groups is 1. The Kier molecular flexibility index (Phi) is 5.27. The molecule has 0 saturated heterocycles. The summed E-state index contributed by atoms with van der Waals surface area (Å²) in [6.07, 6.45) is 1.82. The first-order valence-electron chi connectivity index (χ1n) is 11.0. The van der Waals surface area contributed by atoms with E-state index in [-0.39, 0.29) is 11.8 Å². The third-order valence-electron chi connectivity index (χ3n) is 6.12. The minimum Gasteiger partial charge on any atom is -0.308 e. The van der Waals surface area contributed by atoms with Gasteiger partial charge in [0, 0.05) is 35.6 Å². The number of carbonyl (C=O) groups is 2. The Morgan fingerprint density at radius 1 is 0.879 bits per heavy atom. The van der Waals surface area contributed by atoms with Crippen molar-refractivity contribution in [3.8, 4) is 0 Å². The van der Waals surface area contributed by atoms with Crippen LogP contribution in [0.4, 0.5) is 5.69 Å². The summed E-state index contributed by atoms with van der Waals surface area (Å²) in [5.74, 6) is -0.492. The van der Waals surface area contributed by atoms with Gasteiger partial charge in [0.05, 0.1) is 11.3 Å². The average Bonchev–Trinajstić information content (AvgIpc) is 2.80. The summed E-state index contributed by atoms with van der Waals surface area (Å²) in [6.45, 7) is 2.99. The zero-order chi connectivity index (χ0) is 23.1. The Morgan fingerprint density at radius 3 is 2.30 bits per heavy atom. The number of likely N-dealkylation sites (N-methyl/N-ethyl adjacent to an activating group) is 1. The molecule has 5 rings (SSSR count). The van der Waals surface area contributed by atoms with Crippen molar-refractivity contribution >= 4 is 45.3 Å². The lowest BCUT2D eigenvalue weighted by Gasteiger charge is -2.29. The molecule has 4 aromatic carbocycles. The molecule has 5 nitrogen and oxygen atoms in total. The van der Waals surface area contributed by atoms with E-state index < -0.39 is 0 Å². The van der Waals surface area contributed by atoms with Crippen LogP contribution in [0.2, 0.25) is 0 Å². The van der Waals surface area contributed by atoms with E-state index >= 15 is 0 Å². The summed E-state index contributed by atoms with van der Waals surface area (Å²) in [4.78, 5) is 35.1. The van der Waals surface area contributed by atoms with Crippen molar-refractivity contribution in [1.29, 1.82) is 0 Å². The summed E-state index contributed by atoms with van der Waals surface area (Å²) in [5, 5.41) is 3.33. The molecule has 0 N–H and O–H groups in total. The maximum Gasteiger partial charge on any atom is 0.262 e. The Balaban J connectivity index is 1.73. The molecule has 4 aromatic rings. The third kappa shape index (κ3) is 3.70. The maximum atomic E-state index is 13.7. The van der Waals surface area contributed by atoms with Gasteiger partial charge in [0.15, 0.2) is 0 Å². The molecule has 1 aliphatic rings. The first-order valence-corrected chi connectivity index (χ1v) is 11.0. The second kappa shape index (κ2) is 8.26. The lowest BCUT2D eigenvalue weighted by molar-refractivity contribution is 0.0602. The Bertz CT molecular complexity index is 1440. The highest BCUT2D eigenvalue weighted by atomic mass is 16.2. The summed E-state index contributed by atoms with van der Waals surface area (Å²) in [6, 6.07) is 21.7. The number of aryl methyl sites for hydroxylation is 1. The minimum atomic E-state index is -0.255. The molecule has 0 unspecified atom stereocenters. The molecule has 33 heavy (non-hydrogen) atoms. The van der Waals surface area contributed by atoms with Gasteiger partial charge in [-0.1, -0.05) is 54.1 Å². The van der Waals surface area contributed by atoms with Gasteiger partial charge in [-0.3, -0.25) is 19.5 Å². The van der Waals surface area contributed by atoms with Crippen molar-refractivity contribution in [2.45, 2.75) is 6.92 Å². The molecule has 0 saturated carbocycles. The quantitative estimate of drug-likeness (QED) is 0.246. The molecule has 0 aromatic heterocycles. The first-order chi connectivity index (χ1) is 15.9. The van der Waals surface area contributed by atoms with E-state index in [0.29, 0.717) is 24.2 Å². The molecule has 0 aliphatic carbocycles. The van der Waals surface area contributed by atoms with Crippen molar-refractivity contribution in [3.63, 3.8) is 0 Å². The largest absolute Gasteiger partial charge is 0.308 e. The van der Waals surface area contributed by atoms with Crippen LogP contribution in [0.25, 0.3) is 21.5 Å². The summed E-state index contributed by atoms with van der Waals surface area (Å²) in [5.41, 5.74) is 4.03. The van der Waals surface area contributed by atoms with Gasteiger partial charge in [-0.05, 0) is 55.6 Å². The van der Waals surface area contributed by atoms with Gasteiger partial charge in [0.2, 0.25) is 0 Å². The summed E-state index contributed by atoms with van der Waals surface area (Å²) < 4.78 is 0. The zero-order valence-electron chi connectivity index (χ0n) is 19.0. The monoisotopic (exact) mass is 435 g/mol. The molecule has 164 valence electrons. The molecular weight excluding hydrogens is 410 g/mol. The molecule has 1 aliphatic heterocycles. The van der Waals surface area contributed by atoms with Gasteiger partial charge < -0.3 is 4.90 Å². The zero-order valence-corrected chi connectivity index (χ0v) is 19.0. The standard InChI is InChI=1S/C28H25N3O2/c1-18-10-12-19(13-11-18)17-29-23-9-5-7-21-16-20-6-4-8-22-24(20)26(25(21)23)28(33)31(27(22)32)15-14-30(2)3/h4-13,16-17H,14-15H2,1-3H3. The molecule has 0 bridgehead atoms. The first kappa shape index (κ1) is 21.0. The molecule has 0 radical (unpaired) electrons. The van der Waals surface area contributed by atoms with Gasteiger partial charge in [-0.2, -0.15) is 0 Å². The van der Waals surface area contributed by atoms with E-state index in [9.17, 15) is 9.59 Å². The van der Waals surface area contributed by atoms with E-state index in [1.54, 1.807) is 0 Å². The van der Waals surface area contributed by atoms with Crippen LogP contribution in [0.15, 0.2) is 71.7 Å². The normalized spacial score (nSPS) is 13.8. The Labute approximate surface area is 193 Å². The Morgan fingerprint density at radius 2 is 1.58 bits per heavy atom. The number of nitrogens with zero attached hydrogens (tertiary/aromatic N) is 3.